The van der Waals surface area contributed by atoms with Gasteiger partial charge >= 0.3 is 0 Å². The molecule has 0 heterocycles. The van der Waals surface area contributed by atoms with Crippen molar-refractivity contribution in [3.63, 3.8) is 0 Å². The summed E-state index contributed by atoms with van der Waals surface area (Å²) in [6.07, 6.45) is 0. The van der Waals surface area contributed by atoms with Gasteiger partial charge in [0.25, 0.3) is 0 Å². The van der Waals surface area contributed by atoms with E-state index in [0.717, 1.165) is 4.47 Å². The number of benzene rings is 1. The van der Waals surface area contributed by atoms with Gasteiger partial charge in [-0.1, -0.05) is 15.9 Å². The van der Waals surface area contributed by atoms with E-state index in [4.69, 9.17) is 5.11 Å². The summed E-state index contributed by atoms with van der Waals surface area (Å²) in [5, 5.41) is 8.90. The molecule has 1 aromatic rings. The predicted molar refractivity (Wildman–Crippen MR) is 45.9 cm³/mol. The summed E-state index contributed by atoms with van der Waals surface area (Å²) in [7, 11) is 0. The molecule has 1 aromatic carbocycles. The normalized spacial score (nSPS) is 8.82. The predicted octanol–water partition coefficient (Wildman–Crippen LogP) is 2.18. The van der Waals surface area contributed by atoms with Crippen molar-refractivity contribution in [3.8, 4) is 0 Å². The van der Waals surface area contributed by atoms with E-state index in [9.17, 15) is 4.79 Å². The molecule has 0 radical (unpaired) electrons. The van der Waals surface area contributed by atoms with Crippen LogP contribution in [0.15, 0.2) is 28.7 Å². The number of rotatable bonds is 1. The second-order valence-electron chi connectivity index (χ2n) is 1.96. The van der Waals surface area contributed by atoms with Crippen LogP contribution in [0.5, 0.6) is 0 Å². The summed E-state index contributed by atoms with van der Waals surface area (Å²) in [6.45, 7) is 0. The summed E-state index contributed by atoms with van der Waals surface area (Å²) in [4.78, 5) is 9.97. The van der Waals surface area contributed by atoms with Gasteiger partial charge < -0.3 is 5.11 Å². The Bertz CT molecular complexity index is 296. The van der Waals surface area contributed by atoms with Crippen LogP contribution in [0.3, 0.4) is 0 Å². The van der Waals surface area contributed by atoms with Crippen LogP contribution >= 0.6 is 15.9 Å². The molecule has 0 aliphatic carbocycles. The first-order valence-electron chi connectivity index (χ1n) is 2.94. The third-order valence-electron chi connectivity index (χ3n) is 1.21. The van der Waals surface area contributed by atoms with E-state index < -0.39 is 0 Å². The fraction of sp³-hybridized carbons (Fsp3) is 0. The van der Waals surface area contributed by atoms with Crippen LogP contribution in [0.25, 0.3) is 5.76 Å². The maximum atomic E-state index is 9.97. The van der Waals surface area contributed by atoms with E-state index in [1.54, 1.807) is 24.3 Å². The van der Waals surface area contributed by atoms with Crippen molar-refractivity contribution in [1.29, 1.82) is 0 Å². The van der Waals surface area contributed by atoms with E-state index in [-0.39, 0.29) is 5.76 Å². The van der Waals surface area contributed by atoms with Gasteiger partial charge in [-0.05, 0) is 24.3 Å². The highest BCUT2D eigenvalue weighted by atomic mass is 79.9. The first-order valence-corrected chi connectivity index (χ1v) is 3.73. The quantitative estimate of drug-likeness (QED) is 0.573. The van der Waals surface area contributed by atoms with Crippen molar-refractivity contribution in [3.05, 3.63) is 34.3 Å². The van der Waals surface area contributed by atoms with E-state index in [1.807, 2.05) is 0 Å². The first-order chi connectivity index (χ1) is 5.24. The van der Waals surface area contributed by atoms with Crippen molar-refractivity contribution in [1.82, 2.24) is 0 Å². The van der Waals surface area contributed by atoms with Crippen LogP contribution in [0.1, 0.15) is 5.56 Å². The molecule has 3 heteroatoms. The van der Waals surface area contributed by atoms with Crippen LogP contribution < -0.4 is 0 Å². The zero-order chi connectivity index (χ0) is 8.27. The SMILES string of the molecule is O=C=C(O)c1ccc(Br)cc1. The zero-order valence-electron chi connectivity index (χ0n) is 5.54. The molecule has 1 N–H and O–H groups in total. The van der Waals surface area contributed by atoms with Gasteiger partial charge in [0.2, 0.25) is 5.76 Å². The zero-order valence-corrected chi connectivity index (χ0v) is 7.13. The van der Waals surface area contributed by atoms with Gasteiger partial charge in [0.1, 0.15) is 0 Å². The Labute approximate surface area is 72.3 Å². The highest BCUT2D eigenvalue weighted by molar-refractivity contribution is 9.10. The van der Waals surface area contributed by atoms with Gasteiger partial charge in [-0.3, -0.25) is 0 Å². The topological polar surface area (TPSA) is 37.3 Å². The molecule has 0 amide bonds. The molecule has 0 aromatic heterocycles. The molecular formula is C8H5BrO2. The minimum absolute atomic E-state index is 0.363. The van der Waals surface area contributed by atoms with Crippen LogP contribution in [0, 0.1) is 0 Å². The number of carbonyl (C=O) groups excluding carboxylic acids is 1. The van der Waals surface area contributed by atoms with E-state index >= 15 is 0 Å². The standard InChI is InChI=1S/C8H5BrO2/c9-7-3-1-6(2-4-7)8(11)5-10/h1-4,11H. The minimum atomic E-state index is -0.363. The Kier molecular flexibility index (Phi) is 2.47. The summed E-state index contributed by atoms with van der Waals surface area (Å²) < 4.78 is 0.903. The Morgan fingerprint density at radius 2 is 1.91 bits per heavy atom. The van der Waals surface area contributed by atoms with Crippen molar-refractivity contribution >= 4 is 27.6 Å². The van der Waals surface area contributed by atoms with Crippen LogP contribution in [-0.4, -0.2) is 11.0 Å². The molecule has 0 unspecified atom stereocenters. The van der Waals surface area contributed by atoms with Crippen molar-refractivity contribution < 1.29 is 9.90 Å². The summed E-state index contributed by atoms with van der Waals surface area (Å²) in [6, 6.07) is 6.74. The Hall–Kier alpha value is -1.05. The van der Waals surface area contributed by atoms with Crippen molar-refractivity contribution in [2.24, 2.45) is 0 Å². The minimum Gasteiger partial charge on any atom is -0.499 e. The smallest absolute Gasteiger partial charge is 0.208 e. The maximum absolute atomic E-state index is 9.97. The lowest BCUT2D eigenvalue weighted by atomic mass is 10.2. The molecule has 56 valence electrons. The fourth-order valence-corrected chi connectivity index (χ4v) is 0.931. The third kappa shape index (κ3) is 1.93. The monoisotopic (exact) mass is 212 g/mol. The highest BCUT2D eigenvalue weighted by Crippen LogP contribution is 2.13. The largest absolute Gasteiger partial charge is 0.499 e. The number of hydrogen-bond donors (Lipinski definition) is 1. The van der Waals surface area contributed by atoms with Crippen molar-refractivity contribution in [2.45, 2.75) is 0 Å². The number of aliphatic hydroxyl groups excluding tert-OH is 1. The maximum Gasteiger partial charge on any atom is 0.208 e. The average molecular weight is 213 g/mol. The van der Waals surface area contributed by atoms with E-state index in [2.05, 4.69) is 15.9 Å². The molecule has 11 heavy (non-hydrogen) atoms. The van der Waals surface area contributed by atoms with Crippen molar-refractivity contribution in [2.75, 3.05) is 0 Å². The number of halogens is 1. The fourth-order valence-electron chi connectivity index (χ4n) is 0.667. The van der Waals surface area contributed by atoms with Crippen LogP contribution in [0.4, 0.5) is 0 Å². The first kappa shape index (κ1) is 8.05. The second kappa shape index (κ2) is 3.37. The van der Waals surface area contributed by atoms with Gasteiger partial charge in [0.05, 0.1) is 0 Å². The molecule has 0 bridgehead atoms. The molecule has 0 saturated heterocycles. The van der Waals surface area contributed by atoms with E-state index in [0.29, 0.717) is 5.56 Å². The third-order valence-corrected chi connectivity index (χ3v) is 1.74. The Morgan fingerprint density at radius 1 is 1.36 bits per heavy atom. The average Bonchev–Trinajstić information content (AvgIpc) is 2.05. The summed E-state index contributed by atoms with van der Waals surface area (Å²) in [5.74, 6) is 1.04. The van der Waals surface area contributed by atoms with Gasteiger partial charge in [0, 0.05) is 10.0 Å². The Balaban J connectivity index is 3.08. The second-order valence-corrected chi connectivity index (χ2v) is 2.87. The number of hydrogen-bond acceptors (Lipinski definition) is 2. The lowest BCUT2D eigenvalue weighted by molar-refractivity contribution is 0.503. The van der Waals surface area contributed by atoms with Gasteiger partial charge in [-0.15, -0.1) is 0 Å². The van der Waals surface area contributed by atoms with Crippen LogP contribution in [-0.2, 0) is 4.79 Å². The lowest BCUT2D eigenvalue weighted by Gasteiger charge is -1.94. The molecular weight excluding hydrogens is 208 g/mol. The lowest BCUT2D eigenvalue weighted by Crippen LogP contribution is -1.81. The number of aliphatic hydroxyl groups is 1. The molecule has 0 saturated carbocycles. The summed E-state index contributed by atoms with van der Waals surface area (Å²) in [5.41, 5.74) is 0.475. The molecule has 0 atom stereocenters. The van der Waals surface area contributed by atoms with E-state index in [1.165, 1.54) is 5.94 Å². The van der Waals surface area contributed by atoms with Gasteiger partial charge in [0.15, 0.2) is 5.94 Å². The molecule has 2 nitrogen and oxygen atoms in total. The molecule has 0 aliphatic rings. The molecule has 1 rings (SSSR count). The summed E-state index contributed by atoms with van der Waals surface area (Å²) >= 11 is 3.23. The van der Waals surface area contributed by atoms with Gasteiger partial charge in [-0.25, -0.2) is 4.79 Å². The molecule has 0 aliphatic heterocycles. The van der Waals surface area contributed by atoms with Gasteiger partial charge in [-0.2, -0.15) is 0 Å². The Morgan fingerprint density at radius 3 is 2.36 bits per heavy atom. The van der Waals surface area contributed by atoms with Crippen LogP contribution in [0.2, 0.25) is 0 Å². The molecule has 0 fully saturated rings. The molecule has 0 spiro atoms. The highest BCUT2D eigenvalue weighted by Gasteiger charge is 1.97.